The molecule has 0 unspecified atom stereocenters. The van der Waals surface area contributed by atoms with E-state index in [1.165, 1.54) is 45.0 Å². The van der Waals surface area contributed by atoms with Crippen LogP contribution in [0.25, 0.3) is 11.3 Å². The Morgan fingerprint density at radius 3 is 2.48 bits per heavy atom. The molecule has 0 saturated carbocycles. The fourth-order valence-corrected chi connectivity index (χ4v) is 2.69. The smallest absolute Gasteiger partial charge is 0.291 e. The summed E-state index contributed by atoms with van der Waals surface area (Å²) in [6.07, 6.45) is 4.09. The molecule has 1 heterocycles. The average molecular weight is 424 g/mol. The van der Waals surface area contributed by atoms with Crippen LogP contribution in [0, 0.1) is 5.82 Å². The summed E-state index contributed by atoms with van der Waals surface area (Å²) in [5, 5.41) is 3.93. The van der Waals surface area contributed by atoms with Gasteiger partial charge in [0.15, 0.2) is 0 Å². The van der Waals surface area contributed by atoms with Gasteiger partial charge in [0.25, 0.3) is 5.91 Å². The summed E-state index contributed by atoms with van der Waals surface area (Å²) in [5.41, 5.74) is 3.45. The second-order valence-electron chi connectivity index (χ2n) is 6.21. The summed E-state index contributed by atoms with van der Waals surface area (Å²) >= 11 is 0. The number of hydrazone groups is 1. The molecule has 3 aromatic rings. The van der Waals surface area contributed by atoms with Gasteiger partial charge in [-0.2, -0.15) is 5.10 Å². The van der Waals surface area contributed by atoms with Gasteiger partial charge in [-0.3, -0.25) is 9.78 Å². The first kappa shape index (κ1) is 21.7. The SMILES string of the molecule is CCOc1ccc(-c2cncc(C(=O)N/N=C/c3cc(OC)cc(OC)c3)n2)c(F)c1. The summed E-state index contributed by atoms with van der Waals surface area (Å²) in [6, 6.07) is 9.60. The third kappa shape index (κ3) is 5.53. The van der Waals surface area contributed by atoms with E-state index in [1.54, 1.807) is 24.3 Å². The number of carbonyl (C=O) groups is 1. The number of aromatic nitrogens is 2. The van der Waals surface area contributed by atoms with Crippen LogP contribution in [0.2, 0.25) is 0 Å². The fourth-order valence-electron chi connectivity index (χ4n) is 2.69. The minimum Gasteiger partial charge on any atom is -0.497 e. The third-order valence-electron chi connectivity index (χ3n) is 4.15. The van der Waals surface area contributed by atoms with E-state index in [4.69, 9.17) is 14.2 Å². The topological polar surface area (TPSA) is 94.9 Å². The molecule has 3 rings (SSSR count). The zero-order chi connectivity index (χ0) is 22.2. The van der Waals surface area contributed by atoms with Crippen molar-refractivity contribution in [2.24, 2.45) is 5.10 Å². The minimum absolute atomic E-state index is 0.00819. The molecule has 0 saturated heterocycles. The molecule has 0 aliphatic carbocycles. The highest BCUT2D eigenvalue weighted by molar-refractivity contribution is 5.93. The van der Waals surface area contributed by atoms with E-state index in [0.29, 0.717) is 29.4 Å². The number of halogens is 1. The molecular weight excluding hydrogens is 403 g/mol. The van der Waals surface area contributed by atoms with Gasteiger partial charge >= 0.3 is 0 Å². The molecule has 0 radical (unpaired) electrons. The highest BCUT2D eigenvalue weighted by Gasteiger charge is 2.13. The summed E-state index contributed by atoms with van der Waals surface area (Å²) in [7, 11) is 3.08. The molecule has 9 heteroatoms. The van der Waals surface area contributed by atoms with Crippen LogP contribution in [0.4, 0.5) is 4.39 Å². The summed E-state index contributed by atoms with van der Waals surface area (Å²) in [5.74, 6) is 0.467. The van der Waals surface area contributed by atoms with Gasteiger partial charge < -0.3 is 14.2 Å². The van der Waals surface area contributed by atoms with Gasteiger partial charge in [0.2, 0.25) is 0 Å². The Hall–Kier alpha value is -4.01. The number of rotatable bonds is 8. The van der Waals surface area contributed by atoms with E-state index in [9.17, 15) is 9.18 Å². The van der Waals surface area contributed by atoms with E-state index in [2.05, 4.69) is 20.5 Å². The summed E-state index contributed by atoms with van der Waals surface area (Å²) in [6.45, 7) is 2.24. The monoisotopic (exact) mass is 424 g/mol. The number of hydrogen-bond donors (Lipinski definition) is 1. The molecule has 0 atom stereocenters. The van der Waals surface area contributed by atoms with Crippen molar-refractivity contribution in [3.63, 3.8) is 0 Å². The normalized spacial score (nSPS) is 10.7. The second-order valence-corrected chi connectivity index (χ2v) is 6.21. The zero-order valence-electron chi connectivity index (χ0n) is 17.3. The van der Waals surface area contributed by atoms with Crippen molar-refractivity contribution in [1.29, 1.82) is 0 Å². The Labute approximate surface area is 178 Å². The minimum atomic E-state index is -0.591. The van der Waals surface area contributed by atoms with Crippen molar-refractivity contribution >= 4 is 12.1 Å². The Kier molecular flexibility index (Phi) is 7.10. The van der Waals surface area contributed by atoms with E-state index >= 15 is 0 Å². The van der Waals surface area contributed by atoms with Crippen LogP contribution in [0.1, 0.15) is 23.0 Å². The molecule has 8 nitrogen and oxygen atoms in total. The first-order chi connectivity index (χ1) is 15.0. The number of nitrogens with zero attached hydrogens (tertiary/aromatic N) is 3. The van der Waals surface area contributed by atoms with E-state index in [1.807, 2.05) is 6.92 Å². The number of nitrogens with one attached hydrogen (secondary N) is 1. The molecule has 0 fully saturated rings. The number of benzene rings is 2. The predicted octanol–water partition coefficient (Wildman–Crippen LogP) is 3.46. The molecule has 1 N–H and O–H groups in total. The number of amides is 1. The van der Waals surface area contributed by atoms with Gasteiger partial charge in [0.1, 0.15) is 28.8 Å². The maximum Gasteiger partial charge on any atom is 0.291 e. The molecular formula is C22H21FN4O4. The Morgan fingerprint density at radius 1 is 1.10 bits per heavy atom. The van der Waals surface area contributed by atoms with Crippen molar-refractivity contribution in [1.82, 2.24) is 15.4 Å². The van der Waals surface area contributed by atoms with Gasteiger partial charge in [-0.15, -0.1) is 0 Å². The van der Waals surface area contributed by atoms with Gasteiger partial charge in [0, 0.05) is 23.3 Å². The lowest BCUT2D eigenvalue weighted by molar-refractivity contribution is 0.0950. The van der Waals surface area contributed by atoms with Crippen LogP contribution in [-0.4, -0.2) is 42.9 Å². The first-order valence-corrected chi connectivity index (χ1v) is 9.35. The van der Waals surface area contributed by atoms with Crippen LogP contribution in [0.15, 0.2) is 53.9 Å². The summed E-state index contributed by atoms with van der Waals surface area (Å²) < 4.78 is 30.1. The van der Waals surface area contributed by atoms with Gasteiger partial charge in [-0.25, -0.2) is 14.8 Å². The van der Waals surface area contributed by atoms with Crippen LogP contribution in [-0.2, 0) is 0 Å². The molecule has 160 valence electrons. The Morgan fingerprint density at radius 2 is 1.84 bits per heavy atom. The average Bonchev–Trinajstić information content (AvgIpc) is 2.79. The molecule has 1 aromatic heterocycles. The number of carbonyl (C=O) groups excluding carboxylic acids is 1. The van der Waals surface area contributed by atoms with E-state index in [0.717, 1.165) is 0 Å². The molecule has 1 amide bonds. The molecule has 0 bridgehead atoms. The van der Waals surface area contributed by atoms with Gasteiger partial charge in [0.05, 0.1) is 45.1 Å². The maximum atomic E-state index is 14.4. The van der Waals surface area contributed by atoms with Crippen LogP contribution < -0.4 is 19.6 Å². The molecule has 0 aliphatic rings. The summed E-state index contributed by atoms with van der Waals surface area (Å²) in [4.78, 5) is 20.6. The Balaban J connectivity index is 1.74. The molecule has 0 spiro atoms. The quantitative estimate of drug-likeness (QED) is 0.440. The zero-order valence-corrected chi connectivity index (χ0v) is 17.3. The van der Waals surface area contributed by atoms with Crippen molar-refractivity contribution < 1.29 is 23.4 Å². The maximum absolute atomic E-state index is 14.4. The highest BCUT2D eigenvalue weighted by Crippen LogP contribution is 2.25. The standard InChI is InChI=1S/C22H21FN4O4/c1-4-31-15-5-6-18(19(23)10-15)20-12-24-13-21(26-20)22(28)27-25-11-14-7-16(29-2)9-17(8-14)30-3/h5-13H,4H2,1-3H3,(H,27,28)/b25-11+. The third-order valence-corrected chi connectivity index (χ3v) is 4.15. The van der Waals surface area contributed by atoms with Crippen LogP contribution in [0.3, 0.4) is 0 Å². The lowest BCUT2D eigenvalue weighted by atomic mass is 10.1. The highest BCUT2D eigenvalue weighted by atomic mass is 19.1. The second kappa shape index (κ2) is 10.1. The lowest BCUT2D eigenvalue weighted by Gasteiger charge is -2.07. The number of ether oxygens (including phenoxy) is 3. The fraction of sp³-hybridized carbons (Fsp3) is 0.182. The number of hydrogen-bond acceptors (Lipinski definition) is 7. The predicted molar refractivity (Wildman–Crippen MR) is 113 cm³/mol. The van der Waals surface area contributed by atoms with Crippen molar-refractivity contribution in [3.05, 3.63) is 65.9 Å². The van der Waals surface area contributed by atoms with Gasteiger partial charge in [-0.05, 0) is 31.2 Å². The molecule has 0 aliphatic heterocycles. The van der Waals surface area contributed by atoms with Crippen molar-refractivity contribution in [2.45, 2.75) is 6.92 Å². The lowest BCUT2D eigenvalue weighted by Crippen LogP contribution is -2.19. The Bertz CT molecular complexity index is 1080. The van der Waals surface area contributed by atoms with Crippen LogP contribution in [0.5, 0.6) is 17.2 Å². The van der Waals surface area contributed by atoms with E-state index in [-0.39, 0.29) is 17.0 Å². The van der Waals surface area contributed by atoms with Crippen molar-refractivity contribution in [3.8, 4) is 28.5 Å². The van der Waals surface area contributed by atoms with Crippen LogP contribution >= 0.6 is 0 Å². The first-order valence-electron chi connectivity index (χ1n) is 9.35. The molecule has 31 heavy (non-hydrogen) atoms. The van der Waals surface area contributed by atoms with Crippen molar-refractivity contribution in [2.75, 3.05) is 20.8 Å². The number of methoxy groups -OCH3 is 2. The largest absolute Gasteiger partial charge is 0.497 e. The van der Waals surface area contributed by atoms with Gasteiger partial charge in [-0.1, -0.05) is 0 Å². The molecule has 2 aromatic carbocycles. The van der Waals surface area contributed by atoms with E-state index < -0.39 is 11.7 Å².